The van der Waals surface area contributed by atoms with Crippen LogP contribution >= 0.6 is 11.6 Å². The number of carbonyl (C=O) groups is 1. The van der Waals surface area contributed by atoms with Crippen LogP contribution in [-0.4, -0.2) is 26.1 Å². The molecule has 1 rings (SSSR count). The van der Waals surface area contributed by atoms with Crippen LogP contribution in [0.3, 0.4) is 0 Å². The van der Waals surface area contributed by atoms with Crippen molar-refractivity contribution < 1.29 is 9.53 Å². The summed E-state index contributed by atoms with van der Waals surface area (Å²) in [6.45, 7) is 0.884. The minimum absolute atomic E-state index is 0.198. The Labute approximate surface area is 99.7 Å². The lowest BCUT2D eigenvalue weighted by atomic mass is 10.1. The van der Waals surface area contributed by atoms with E-state index in [0.717, 1.165) is 12.0 Å². The Balaban J connectivity index is 2.43. The first kappa shape index (κ1) is 12.8. The largest absolute Gasteiger partial charge is 0.495 e. The van der Waals surface area contributed by atoms with Crippen LogP contribution in [0.5, 0.6) is 5.75 Å². The minimum Gasteiger partial charge on any atom is -0.495 e. The zero-order chi connectivity index (χ0) is 12.0. The van der Waals surface area contributed by atoms with Gasteiger partial charge in [-0.1, -0.05) is 17.7 Å². The molecule has 1 aromatic carbocycles. The molecule has 0 bridgehead atoms. The van der Waals surface area contributed by atoms with Gasteiger partial charge in [0.2, 0.25) is 5.91 Å². The number of rotatable bonds is 6. The normalized spacial score (nSPS) is 10.1. The number of nitrogens with two attached hydrogens (primary N) is 1. The van der Waals surface area contributed by atoms with Crippen molar-refractivity contribution in [1.29, 1.82) is 0 Å². The van der Waals surface area contributed by atoms with Crippen LogP contribution in [0.2, 0.25) is 5.02 Å². The van der Waals surface area contributed by atoms with Gasteiger partial charge in [0.25, 0.3) is 0 Å². The average molecular weight is 243 g/mol. The highest BCUT2D eigenvalue weighted by Gasteiger charge is 2.01. The highest BCUT2D eigenvalue weighted by molar-refractivity contribution is 6.32. The summed E-state index contributed by atoms with van der Waals surface area (Å²) in [6, 6.07) is 5.62. The fourth-order valence-corrected chi connectivity index (χ4v) is 1.59. The maximum Gasteiger partial charge on any atom is 0.231 e. The van der Waals surface area contributed by atoms with Gasteiger partial charge in [0.15, 0.2) is 0 Å². The fraction of sp³-hybridized carbons (Fsp3) is 0.364. The third kappa shape index (κ3) is 4.08. The van der Waals surface area contributed by atoms with Gasteiger partial charge in [-0.25, -0.2) is 0 Å². The number of primary amides is 1. The zero-order valence-corrected chi connectivity index (χ0v) is 9.88. The fourth-order valence-electron chi connectivity index (χ4n) is 1.31. The first-order valence-corrected chi connectivity index (χ1v) is 5.32. The quantitative estimate of drug-likeness (QED) is 0.731. The van der Waals surface area contributed by atoms with E-state index in [9.17, 15) is 4.79 Å². The molecule has 88 valence electrons. The number of carbonyl (C=O) groups excluding carboxylic acids is 1. The molecule has 0 saturated heterocycles. The maximum atomic E-state index is 10.5. The summed E-state index contributed by atoms with van der Waals surface area (Å²) in [5, 5.41) is 3.53. The van der Waals surface area contributed by atoms with Gasteiger partial charge < -0.3 is 15.8 Å². The summed E-state index contributed by atoms with van der Waals surface area (Å²) in [7, 11) is 1.58. The van der Waals surface area contributed by atoms with Crippen molar-refractivity contribution in [1.82, 2.24) is 5.32 Å². The van der Waals surface area contributed by atoms with E-state index >= 15 is 0 Å². The number of halogens is 1. The van der Waals surface area contributed by atoms with E-state index < -0.39 is 0 Å². The number of nitrogens with one attached hydrogen (secondary N) is 1. The predicted octanol–water partition coefficient (Wildman–Crippen LogP) is 0.966. The molecule has 1 amide bonds. The van der Waals surface area contributed by atoms with Gasteiger partial charge >= 0.3 is 0 Å². The van der Waals surface area contributed by atoms with Crippen molar-refractivity contribution in [2.45, 2.75) is 6.42 Å². The number of ether oxygens (including phenoxy) is 1. The van der Waals surface area contributed by atoms with E-state index in [4.69, 9.17) is 22.1 Å². The SMILES string of the molecule is COc1ccc(CCNCC(N)=O)cc1Cl. The molecular formula is C11H15ClN2O2. The lowest BCUT2D eigenvalue weighted by Gasteiger charge is -2.06. The molecule has 4 nitrogen and oxygen atoms in total. The Morgan fingerprint density at radius 1 is 1.56 bits per heavy atom. The topological polar surface area (TPSA) is 64.3 Å². The molecule has 0 spiro atoms. The Morgan fingerprint density at radius 2 is 2.31 bits per heavy atom. The number of hydrogen-bond acceptors (Lipinski definition) is 3. The summed E-state index contributed by atoms with van der Waals surface area (Å²) in [4.78, 5) is 10.5. The molecule has 3 N–H and O–H groups in total. The zero-order valence-electron chi connectivity index (χ0n) is 9.13. The van der Waals surface area contributed by atoms with Crippen LogP contribution in [0.1, 0.15) is 5.56 Å². The molecule has 0 atom stereocenters. The summed E-state index contributed by atoms with van der Waals surface area (Å²) in [6.07, 6.45) is 0.789. The van der Waals surface area contributed by atoms with Crippen LogP contribution in [0, 0.1) is 0 Å². The van der Waals surface area contributed by atoms with Gasteiger partial charge in [-0.2, -0.15) is 0 Å². The Hall–Kier alpha value is -1.26. The van der Waals surface area contributed by atoms with E-state index in [1.807, 2.05) is 18.2 Å². The lowest BCUT2D eigenvalue weighted by molar-refractivity contribution is -0.117. The molecule has 0 saturated carbocycles. The van der Waals surface area contributed by atoms with Gasteiger partial charge in [-0.3, -0.25) is 4.79 Å². The lowest BCUT2D eigenvalue weighted by Crippen LogP contribution is -2.29. The highest BCUT2D eigenvalue weighted by atomic mass is 35.5. The van der Waals surface area contributed by atoms with E-state index in [1.54, 1.807) is 7.11 Å². The molecule has 0 unspecified atom stereocenters. The van der Waals surface area contributed by atoms with Crippen LogP contribution in [0.15, 0.2) is 18.2 Å². The molecule has 0 fully saturated rings. The van der Waals surface area contributed by atoms with Gasteiger partial charge in [0, 0.05) is 0 Å². The van der Waals surface area contributed by atoms with Crippen LogP contribution in [-0.2, 0) is 11.2 Å². The highest BCUT2D eigenvalue weighted by Crippen LogP contribution is 2.24. The predicted molar refractivity (Wildman–Crippen MR) is 63.8 cm³/mol. The van der Waals surface area contributed by atoms with E-state index in [-0.39, 0.29) is 12.5 Å². The molecule has 1 aromatic rings. The first-order chi connectivity index (χ1) is 7.63. The Bertz CT molecular complexity index is 369. The number of benzene rings is 1. The summed E-state index contributed by atoms with van der Waals surface area (Å²) >= 11 is 5.97. The standard InChI is InChI=1S/C11H15ClN2O2/c1-16-10-3-2-8(6-9(10)12)4-5-14-7-11(13)15/h2-3,6,14H,4-5,7H2,1H3,(H2,13,15). The number of methoxy groups -OCH3 is 1. The van der Waals surface area contributed by atoms with E-state index in [2.05, 4.69) is 5.32 Å². The van der Waals surface area contributed by atoms with Crippen molar-refractivity contribution in [2.75, 3.05) is 20.2 Å². The second-order valence-corrected chi connectivity index (χ2v) is 3.77. The molecule has 0 aliphatic rings. The summed E-state index contributed by atoms with van der Waals surface area (Å²) < 4.78 is 5.05. The van der Waals surface area contributed by atoms with E-state index in [0.29, 0.717) is 17.3 Å². The van der Waals surface area contributed by atoms with Gasteiger partial charge in [0.1, 0.15) is 5.75 Å². The van der Waals surface area contributed by atoms with Crippen LogP contribution < -0.4 is 15.8 Å². The second-order valence-electron chi connectivity index (χ2n) is 3.36. The van der Waals surface area contributed by atoms with E-state index in [1.165, 1.54) is 0 Å². The molecule has 0 aliphatic carbocycles. The molecule has 0 aliphatic heterocycles. The third-order valence-electron chi connectivity index (χ3n) is 2.11. The second kappa shape index (κ2) is 6.35. The molecule has 16 heavy (non-hydrogen) atoms. The molecular weight excluding hydrogens is 228 g/mol. The van der Waals surface area contributed by atoms with Crippen molar-refractivity contribution in [3.8, 4) is 5.75 Å². The Kier molecular flexibility index (Phi) is 5.08. The molecule has 0 aromatic heterocycles. The van der Waals surface area contributed by atoms with Crippen molar-refractivity contribution in [3.05, 3.63) is 28.8 Å². The monoisotopic (exact) mass is 242 g/mol. The maximum absolute atomic E-state index is 10.5. The van der Waals surface area contributed by atoms with Crippen molar-refractivity contribution in [3.63, 3.8) is 0 Å². The third-order valence-corrected chi connectivity index (χ3v) is 2.40. The van der Waals surface area contributed by atoms with Crippen LogP contribution in [0.25, 0.3) is 0 Å². The van der Waals surface area contributed by atoms with Crippen molar-refractivity contribution in [2.24, 2.45) is 5.73 Å². The number of amides is 1. The molecule has 0 heterocycles. The minimum atomic E-state index is -0.354. The molecule has 0 radical (unpaired) electrons. The average Bonchev–Trinajstić information content (AvgIpc) is 2.24. The van der Waals surface area contributed by atoms with Gasteiger partial charge in [-0.05, 0) is 30.7 Å². The molecule has 5 heteroatoms. The first-order valence-electron chi connectivity index (χ1n) is 4.95. The Morgan fingerprint density at radius 3 is 2.88 bits per heavy atom. The smallest absolute Gasteiger partial charge is 0.231 e. The van der Waals surface area contributed by atoms with Gasteiger partial charge in [0.05, 0.1) is 18.7 Å². The van der Waals surface area contributed by atoms with Crippen molar-refractivity contribution >= 4 is 17.5 Å². The van der Waals surface area contributed by atoms with Gasteiger partial charge in [-0.15, -0.1) is 0 Å². The summed E-state index contributed by atoms with van der Waals surface area (Å²) in [5.74, 6) is 0.309. The summed E-state index contributed by atoms with van der Waals surface area (Å²) in [5.41, 5.74) is 6.08. The number of hydrogen-bond donors (Lipinski definition) is 2. The van der Waals surface area contributed by atoms with Crippen LogP contribution in [0.4, 0.5) is 0 Å².